The first kappa shape index (κ1) is 12.6. The van der Waals surface area contributed by atoms with Crippen molar-refractivity contribution in [1.82, 2.24) is 4.90 Å². The highest BCUT2D eigenvalue weighted by Gasteiger charge is 2.17. The summed E-state index contributed by atoms with van der Waals surface area (Å²) in [5.74, 6) is 2.56. The third kappa shape index (κ3) is 4.86. The average Bonchev–Trinajstić information content (AvgIpc) is 2.25. The minimum absolute atomic E-state index is 0.798. The molecule has 0 amide bonds. The van der Waals surface area contributed by atoms with Crippen molar-refractivity contribution < 1.29 is 0 Å². The zero-order valence-electron chi connectivity index (χ0n) is 8.85. The minimum Gasteiger partial charge on any atom is -0.303 e. The quantitative estimate of drug-likeness (QED) is 0.641. The number of alkyl halides is 2. The summed E-state index contributed by atoms with van der Waals surface area (Å²) in [6.45, 7) is 3.72. The Balaban J connectivity index is 2.05. The Bertz CT molecular complexity index is 117. The van der Waals surface area contributed by atoms with Crippen molar-refractivity contribution in [3.8, 4) is 0 Å². The molecule has 0 aromatic carbocycles. The molecule has 0 unspecified atom stereocenters. The van der Waals surface area contributed by atoms with Gasteiger partial charge < -0.3 is 4.90 Å². The molecular weight excluding hydrogens is 217 g/mol. The van der Waals surface area contributed by atoms with Crippen LogP contribution in [-0.2, 0) is 0 Å². The molecule has 14 heavy (non-hydrogen) atoms. The first-order valence-corrected chi connectivity index (χ1v) is 6.78. The molecule has 1 saturated heterocycles. The highest BCUT2D eigenvalue weighted by atomic mass is 35.5. The fourth-order valence-corrected chi connectivity index (χ4v) is 2.42. The highest BCUT2D eigenvalue weighted by Crippen LogP contribution is 2.21. The van der Waals surface area contributed by atoms with Crippen LogP contribution in [0.3, 0.4) is 0 Å². The standard InChI is InChI=1S/C11H21Cl2N/c12-6-1-3-11-4-9-14(10-5-11)8-2-7-13/h11H,1-10H2. The van der Waals surface area contributed by atoms with Crippen LogP contribution in [0.15, 0.2) is 0 Å². The molecule has 3 heteroatoms. The van der Waals surface area contributed by atoms with Crippen molar-refractivity contribution in [2.45, 2.75) is 32.1 Å². The van der Waals surface area contributed by atoms with Gasteiger partial charge in [0.25, 0.3) is 0 Å². The van der Waals surface area contributed by atoms with Crippen LogP contribution in [0, 0.1) is 5.92 Å². The predicted octanol–water partition coefficient (Wildman–Crippen LogP) is 3.35. The first-order valence-electron chi connectivity index (χ1n) is 5.71. The number of piperidine rings is 1. The van der Waals surface area contributed by atoms with Gasteiger partial charge in [-0.05, 0) is 57.7 Å². The topological polar surface area (TPSA) is 3.24 Å². The summed E-state index contributed by atoms with van der Waals surface area (Å²) in [4.78, 5) is 2.54. The van der Waals surface area contributed by atoms with Crippen molar-refractivity contribution in [3.63, 3.8) is 0 Å². The Morgan fingerprint density at radius 2 is 1.64 bits per heavy atom. The van der Waals surface area contributed by atoms with Gasteiger partial charge in [-0.3, -0.25) is 0 Å². The molecule has 1 heterocycles. The highest BCUT2D eigenvalue weighted by molar-refractivity contribution is 6.18. The van der Waals surface area contributed by atoms with Crippen molar-refractivity contribution in [3.05, 3.63) is 0 Å². The van der Waals surface area contributed by atoms with E-state index < -0.39 is 0 Å². The average molecular weight is 238 g/mol. The number of rotatable bonds is 6. The fraction of sp³-hybridized carbons (Fsp3) is 1.00. The Hall–Kier alpha value is 0.540. The molecule has 0 bridgehead atoms. The lowest BCUT2D eigenvalue weighted by Gasteiger charge is -2.31. The minimum atomic E-state index is 0.798. The van der Waals surface area contributed by atoms with E-state index in [0.29, 0.717) is 0 Å². The van der Waals surface area contributed by atoms with E-state index in [9.17, 15) is 0 Å². The number of hydrogen-bond acceptors (Lipinski definition) is 1. The van der Waals surface area contributed by atoms with Crippen LogP contribution in [-0.4, -0.2) is 36.3 Å². The predicted molar refractivity (Wildman–Crippen MR) is 64.5 cm³/mol. The molecule has 1 rings (SSSR count). The van der Waals surface area contributed by atoms with E-state index >= 15 is 0 Å². The summed E-state index contributed by atoms with van der Waals surface area (Å²) >= 11 is 11.4. The maximum atomic E-state index is 5.69. The van der Waals surface area contributed by atoms with Gasteiger partial charge >= 0.3 is 0 Å². The molecule has 0 aromatic rings. The molecule has 1 aliphatic heterocycles. The van der Waals surface area contributed by atoms with Gasteiger partial charge in [-0.25, -0.2) is 0 Å². The van der Waals surface area contributed by atoms with E-state index in [1.807, 2.05) is 0 Å². The van der Waals surface area contributed by atoms with Gasteiger partial charge in [-0.2, -0.15) is 0 Å². The van der Waals surface area contributed by atoms with Gasteiger partial charge in [-0.15, -0.1) is 23.2 Å². The second-order valence-electron chi connectivity index (χ2n) is 4.16. The van der Waals surface area contributed by atoms with Gasteiger partial charge in [-0.1, -0.05) is 0 Å². The van der Waals surface area contributed by atoms with Gasteiger partial charge in [0.05, 0.1) is 0 Å². The van der Waals surface area contributed by atoms with Crippen molar-refractivity contribution in [2.75, 3.05) is 31.4 Å². The second kappa shape index (κ2) is 7.78. The normalized spacial score (nSPS) is 20.1. The number of hydrogen-bond donors (Lipinski definition) is 0. The van der Waals surface area contributed by atoms with Crippen LogP contribution in [0.1, 0.15) is 32.1 Å². The van der Waals surface area contributed by atoms with E-state index in [1.54, 1.807) is 0 Å². The molecule has 0 atom stereocenters. The lowest BCUT2D eigenvalue weighted by Crippen LogP contribution is -2.34. The number of halogens is 2. The number of likely N-dealkylation sites (tertiary alicyclic amines) is 1. The van der Waals surface area contributed by atoms with Crippen LogP contribution in [0.2, 0.25) is 0 Å². The Morgan fingerprint density at radius 1 is 1.00 bits per heavy atom. The van der Waals surface area contributed by atoms with E-state index in [4.69, 9.17) is 23.2 Å². The smallest absolute Gasteiger partial charge is 0.0235 e. The van der Waals surface area contributed by atoms with Crippen LogP contribution in [0.25, 0.3) is 0 Å². The monoisotopic (exact) mass is 237 g/mol. The fourth-order valence-electron chi connectivity index (χ4n) is 2.15. The molecule has 1 aliphatic rings. The van der Waals surface area contributed by atoms with Gasteiger partial charge in [0.1, 0.15) is 0 Å². The molecule has 1 nitrogen and oxygen atoms in total. The Morgan fingerprint density at radius 3 is 2.21 bits per heavy atom. The lowest BCUT2D eigenvalue weighted by molar-refractivity contribution is 0.179. The zero-order valence-corrected chi connectivity index (χ0v) is 10.4. The molecular formula is C11H21Cl2N. The lowest BCUT2D eigenvalue weighted by atomic mass is 9.92. The molecule has 0 saturated carbocycles. The van der Waals surface area contributed by atoms with E-state index in [0.717, 1.165) is 24.1 Å². The number of nitrogens with zero attached hydrogens (tertiary/aromatic N) is 1. The summed E-state index contributed by atoms with van der Waals surface area (Å²) in [5, 5.41) is 0. The van der Waals surface area contributed by atoms with Crippen LogP contribution >= 0.6 is 23.2 Å². The summed E-state index contributed by atoms with van der Waals surface area (Å²) < 4.78 is 0. The van der Waals surface area contributed by atoms with Gasteiger partial charge in [0, 0.05) is 11.8 Å². The van der Waals surface area contributed by atoms with Gasteiger partial charge in [0.2, 0.25) is 0 Å². The maximum absolute atomic E-state index is 5.69. The summed E-state index contributed by atoms with van der Waals surface area (Å²) in [5.41, 5.74) is 0. The second-order valence-corrected chi connectivity index (χ2v) is 4.91. The van der Waals surface area contributed by atoms with E-state index in [1.165, 1.54) is 45.3 Å². The van der Waals surface area contributed by atoms with E-state index in [2.05, 4.69) is 4.90 Å². The maximum Gasteiger partial charge on any atom is 0.0235 e. The van der Waals surface area contributed by atoms with E-state index in [-0.39, 0.29) is 0 Å². The van der Waals surface area contributed by atoms with Crippen molar-refractivity contribution in [2.24, 2.45) is 5.92 Å². The molecule has 0 radical (unpaired) electrons. The SMILES string of the molecule is ClCCCC1CCN(CCCCl)CC1. The molecule has 1 fully saturated rings. The molecule has 84 valence electrons. The van der Waals surface area contributed by atoms with Gasteiger partial charge in [0.15, 0.2) is 0 Å². The van der Waals surface area contributed by atoms with Crippen LogP contribution in [0.4, 0.5) is 0 Å². The summed E-state index contributed by atoms with van der Waals surface area (Å²) in [6, 6.07) is 0. The molecule has 0 N–H and O–H groups in total. The Kier molecular flexibility index (Phi) is 7.01. The van der Waals surface area contributed by atoms with Crippen molar-refractivity contribution in [1.29, 1.82) is 0 Å². The van der Waals surface area contributed by atoms with Crippen LogP contribution < -0.4 is 0 Å². The van der Waals surface area contributed by atoms with Crippen molar-refractivity contribution >= 4 is 23.2 Å². The Labute approximate surface area is 97.7 Å². The summed E-state index contributed by atoms with van der Waals surface area (Å²) in [7, 11) is 0. The summed E-state index contributed by atoms with van der Waals surface area (Å²) in [6.07, 6.45) is 6.37. The molecule has 0 aliphatic carbocycles. The molecule has 0 aromatic heterocycles. The third-order valence-electron chi connectivity index (χ3n) is 3.06. The largest absolute Gasteiger partial charge is 0.303 e. The third-order valence-corrected chi connectivity index (χ3v) is 3.60. The zero-order chi connectivity index (χ0) is 10.2. The van der Waals surface area contributed by atoms with Crippen LogP contribution in [0.5, 0.6) is 0 Å². The first-order chi connectivity index (χ1) is 6.86. The molecule has 0 spiro atoms.